The molecule has 1 aliphatic heterocycles. The number of nitrogens with one attached hydrogen (secondary N) is 1. The number of thiazole rings is 1. The van der Waals surface area contributed by atoms with Crippen LogP contribution in [0.4, 0.5) is 0 Å². The highest BCUT2D eigenvalue weighted by Gasteiger charge is 2.36. The van der Waals surface area contributed by atoms with Gasteiger partial charge in [0.05, 0.1) is 17.6 Å². The van der Waals surface area contributed by atoms with Crippen molar-refractivity contribution < 1.29 is 9.59 Å². The lowest BCUT2D eigenvalue weighted by molar-refractivity contribution is -0.130. The molecule has 1 unspecified atom stereocenters. The molecule has 1 atom stereocenters. The fraction of sp³-hybridized carbons (Fsp3) is 0.167. The first-order valence-electron chi connectivity index (χ1n) is 8.27. The van der Waals surface area contributed by atoms with Crippen molar-refractivity contribution in [2.24, 2.45) is 0 Å². The molecule has 0 radical (unpaired) electrons. The molecule has 1 aromatic carbocycles. The van der Waals surface area contributed by atoms with Crippen LogP contribution in [0.25, 0.3) is 10.7 Å². The molecular weight excluding hydrogens is 418 g/mol. The average Bonchev–Trinajstić information content (AvgIpc) is 3.26. The minimum absolute atomic E-state index is 0.181. The van der Waals surface area contributed by atoms with Crippen molar-refractivity contribution in [2.45, 2.75) is 12.3 Å². The molecule has 0 aliphatic carbocycles. The fourth-order valence-electron chi connectivity index (χ4n) is 2.74. The second-order valence-corrected chi connectivity index (χ2v) is 8.39. The third kappa shape index (κ3) is 3.60. The second kappa shape index (κ2) is 7.86. The SMILES string of the molecule is Cc1nc(-c2cnccn2)sc1C(=O)NN1C(=O)CSC1c1ccccc1Cl. The van der Waals surface area contributed by atoms with Gasteiger partial charge >= 0.3 is 0 Å². The van der Waals surface area contributed by atoms with Gasteiger partial charge in [0.2, 0.25) is 0 Å². The first kappa shape index (κ1) is 18.9. The lowest BCUT2D eigenvalue weighted by Crippen LogP contribution is -2.44. The zero-order valence-corrected chi connectivity index (χ0v) is 17.0. The van der Waals surface area contributed by atoms with Crippen LogP contribution in [-0.2, 0) is 4.79 Å². The summed E-state index contributed by atoms with van der Waals surface area (Å²) in [6.07, 6.45) is 4.73. The van der Waals surface area contributed by atoms with E-state index in [9.17, 15) is 9.59 Å². The van der Waals surface area contributed by atoms with Gasteiger partial charge in [-0.25, -0.2) is 9.99 Å². The maximum Gasteiger partial charge on any atom is 0.281 e. The normalized spacial score (nSPS) is 16.4. The molecule has 1 N–H and O–H groups in total. The number of nitrogens with zero attached hydrogens (tertiary/aromatic N) is 4. The highest BCUT2D eigenvalue weighted by atomic mass is 35.5. The molecule has 1 saturated heterocycles. The van der Waals surface area contributed by atoms with Crippen LogP contribution < -0.4 is 5.43 Å². The lowest BCUT2D eigenvalue weighted by Gasteiger charge is -2.25. The minimum atomic E-state index is -0.391. The maximum absolute atomic E-state index is 12.9. The quantitative estimate of drug-likeness (QED) is 0.680. The van der Waals surface area contributed by atoms with Gasteiger partial charge in [0.15, 0.2) is 0 Å². The lowest BCUT2D eigenvalue weighted by atomic mass is 10.2. The number of aryl methyl sites for hydroxylation is 1. The van der Waals surface area contributed by atoms with E-state index in [0.717, 1.165) is 5.56 Å². The summed E-state index contributed by atoms with van der Waals surface area (Å²) in [7, 11) is 0. The summed E-state index contributed by atoms with van der Waals surface area (Å²) < 4.78 is 0. The standard InChI is InChI=1S/C18H14ClN5O2S2/c1-10-15(28-17(22-10)13-8-20-6-7-21-13)16(26)23-24-14(25)9-27-18(24)11-4-2-3-5-12(11)19/h2-8,18H,9H2,1H3,(H,23,26). The summed E-state index contributed by atoms with van der Waals surface area (Å²) in [6, 6.07) is 7.29. The Bertz CT molecular complexity index is 1040. The highest BCUT2D eigenvalue weighted by Crippen LogP contribution is 2.40. The summed E-state index contributed by atoms with van der Waals surface area (Å²) in [5.74, 6) is -0.305. The molecule has 7 nitrogen and oxygen atoms in total. The van der Waals surface area contributed by atoms with Crippen LogP contribution in [0.15, 0.2) is 42.9 Å². The zero-order chi connectivity index (χ0) is 19.7. The van der Waals surface area contributed by atoms with Gasteiger partial charge in [-0.1, -0.05) is 29.8 Å². The third-order valence-electron chi connectivity index (χ3n) is 4.05. The van der Waals surface area contributed by atoms with Gasteiger partial charge in [-0.05, 0) is 13.0 Å². The molecule has 4 rings (SSSR count). The predicted molar refractivity (Wildman–Crippen MR) is 109 cm³/mol. The van der Waals surface area contributed by atoms with E-state index in [2.05, 4.69) is 20.4 Å². The minimum Gasteiger partial charge on any atom is -0.272 e. The molecule has 0 bridgehead atoms. The van der Waals surface area contributed by atoms with E-state index in [0.29, 0.717) is 26.3 Å². The van der Waals surface area contributed by atoms with Gasteiger partial charge in [0.25, 0.3) is 11.8 Å². The van der Waals surface area contributed by atoms with Crippen LogP contribution in [0.1, 0.15) is 26.3 Å². The van der Waals surface area contributed by atoms with E-state index in [1.165, 1.54) is 28.1 Å². The average molecular weight is 432 g/mol. The highest BCUT2D eigenvalue weighted by molar-refractivity contribution is 8.00. The van der Waals surface area contributed by atoms with E-state index in [1.807, 2.05) is 18.2 Å². The smallest absolute Gasteiger partial charge is 0.272 e. The van der Waals surface area contributed by atoms with Crippen LogP contribution >= 0.6 is 34.7 Å². The number of hydrogen-bond acceptors (Lipinski definition) is 7. The van der Waals surface area contributed by atoms with Crippen molar-refractivity contribution in [3.05, 3.63) is 64.0 Å². The molecular formula is C18H14ClN5O2S2. The number of carbonyl (C=O) groups is 2. The predicted octanol–water partition coefficient (Wildman–Crippen LogP) is 3.48. The molecule has 3 aromatic rings. The van der Waals surface area contributed by atoms with E-state index in [-0.39, 0.29) is 17.0 Å². The Hall–Kier alpha value is -2.49. The fourth-order valence-corrected chi connectivity index (χ4v) is 5.10. The Morgan fingerprint density at radius 3 is 2.89 bits per heavy atom. The van der Waals surface area contributed by atoms with Gasteiger partial charge < -0.3 is 0 Å². The number of hydrogen-bond donors (Lipinski definition) is 1. The molecule has 0 spiro atoms. The number of aromatic nitrogens is 3. The molecule has 142 valence electrons. The number of rotatable bonds is 4. The molecule has 10 heteroatoms. The Kier molecular flexibility index (Phi) is 5.29. The first-order chi connectivity index (χ1) is 13.5. The van der Waals surface area contributed by atoms with Crippen molar-refractivity contribution >= 4 is 46.5 Å². The first-order valence-corrected chi connectivity index (χ1v) is 10.5. The van der Waals surface area contributed by atoms with Crippen LogP contribution in [0.3, 0.4) is 0 Å². The molecule has 3 heterocycles. The van der Waals surface area contributed by atoms with Crippen molar-refractivity contribution in [3.63, 3.8) is 0 Å². The number of amides is 2. The van der Waals surface area contributed by atoms with Crippen molar-refractivity contribution in [1.29, 1.82) is 0 Å². The summed E-state index contributed by atoms with van der Waals surface area (Å²) in [5, 5.41) is 2.11. The van der Waals surface area contributed by atoms with E-state index in [1.54, 1.807) is 31.6 Å². The summed E-state index contributed by atoms with van der Waals surface area (Å²) >= 11 is 8.91. The van der Waals surface area contributed by atoms with Crippen LogP contribution in [-0.4, -0.2) is 37.5 Å². The largest absolute Gasteiger partial charge is 0.281 e. The van der Waals surface area contributed by atoms with Crippen LogP contribution in [0.2, 0.25) is 5.02 Å². The Balaban J connectivity index is 1.58. The van der Waals surface area contributed by atoms with Gasteiger partial charge in [0.1, 0.15) is 21.0 Å². The number of benzene rings is 1. The topological polar surface area (TPSA) is 88.1 Å². The summed E-state index contributed by atoms with van der Waals surface area (Å²) in [4.78, 5) is 38.3. The van der Waals surface area contributed by atoms with Gasteiger partial charge in [-0.15, -0.1) is 23.1 Å². The molecule has 1 fully saturated rings. The van der Waals surface area contributed by atoms with Crippen LogP contribution in [0.5, 0.6) is 0 Å². The molecule has 2 aromatic heterocycles. The Labute approximate surface area is 174 Å². The maximum atomic E-state index is 12.9. The number of carbonyl (C=O) groups excluding carboxylic acids is 2. The van der Waals surface area contributed by atoms with E-state index >= 15 is 0 Å². The number of hydrazine groups is 1. The van der Waals surface area contributed by atoms with Gasteiger partial charge in [-0.3, -0.25) is 25.0 Å². The van der Waals surface area contributed by atoms with Crippen molar-refractivity contribution in [1.82, 2.24) is 25.4 Å². The van der Waals surface area contributed by atoms with Gasteiger partial charge in [0, 0.05) is 23.0 Å². The summed E-state index contributed by atoms with van der Waals surface area (Å²) in [6.45, 7) is 1.75. The monoisotopic (exact) mass is 431 g/mol. The summed E-state index contributed by atoms with van der Waals surface area (Å²) in [5.41, 5.74) is 4.67. The Morgan fingerprint density at radius 1 is 1.32 bits per heavy atom. The molecule has 0 saturated carbocycles. The van der Waals surface area contributed by atoms with E-state index < -0.39 is 5.91 Å². The van der Waals surface area contributed by atoms with Crippen molar-refractivity contribution in [3.8, 4) is 10.7 Å². The third-order valence-corrected chi connectivity index (χ3v) is 6.76. The molecule has 1 aliphatic rings. The zero-order valence-electron chi connectivity index (χ0n) is 14.6. The second-order valence-electron chi connectivity index (χ2n) is 5.91. The Morgan fingerprint density at radius 2 is 2.14 bits per heavy atom. The van der Waals surface area contributed by atoms with E-state index in [4.69, 9.17) is 11.6 Å². The van der Waals surface area contributed by atoms with Crippen molar-refractivity contribution in [2.75, 3.05) is 5.75 Å². The van der Waals surface area contributed by atoms with Gasteiger partial charge in [-0.2, -0.15) is 0 Å². The number of thioether (sulfide) groups is 1. The molecule has 2 amide bonds. The molecule has 28 heavy (non-hydrogen) atoms. The van der Waals surface area contributed by atoms with Crippen LogP contribution in [0, 0.1) is 6.92 Å². The number of halogens is 1.